The van der Waals surface area contributed by atoms with E-state index in [4.69, 9.17) is 9.84 Å². The van der Waals surface area contributed by atoms with Gasteiger partial charge in [0.15, 0.2) is 0 Å². The first-order chi connectivity index (χ1) is 10.6. The molecule has 0 saturated carbocycles. The number of aryl methyl sites for hydroxylation is 1. The van der Waals surface area contributed by atoms with Crippen molar-refractivity contribution >= 4 is 28.9 Å². The van der Waals surface area contributed by atoms with Crippen molar-refractivity contribution in [2.75, 3.05) is 12.4 Å². The molecular weight excluding hydrogens is 302 g/mol. The lowest BCUT2D eigenvalue weighted by atomic mass is 10.1. The van der Waals surface area contributed by atoms with Gasteiger partial charge < -0.3 is 15.2 Å². The van der Waals surface area contributed by atoms with Crippen molar-refractivity contribution in [2.24, 2.45) is 0 Å². The second-order valence-corrected chi connectivity index (χ2v) is 5.67. The molecule has 0 aliphatic rings. The Labute approximate surface area is 132 Å². The minimum Gasteiger partial charge on any atom is -0.481 e. The molecule has 0 radical (unpaired) electrons. The smallest absolute Gasteiger partial charge is 0.303 e. The fourth-order valence-corrected chi connectivity index (χ4v) is 2.85. The quantitative estimate of drug-likeness (QED) is 0.822. The Morgan fingerprint density at radius 3 is 2.86 bits per heavy atom. The van der Waals surface area contributed by atoms with E-state index < -0.39 is 5.97 Å². The van der Waals surface area contributed by atoms with Gasteiger partial charge in [0.2, 0.25) is 0 Å². The zero-order valence-electron chi connectivity index (χ0n) is 12.2. The van der Waals surface area contributed by atoms with Crippen molar-refractivity contribution in [1.82, 2.24) is 0 Å². The number of nitrogens with one attached hydrogen (secondary N) is 1. The molecule has 1 heterocycles. The average Bonchev–Trinajstić information content (AvgIpc) is 2.94. The van der Waals surface area contributed by atoms with Gasteiger partial charge in [0.25, 0.3) is 5.91 Å². The number of carboxylic acid groups (broad SMARTS) is 1. The zero-order valence-corrected chi connectivity index (χ0v) is 13.0. The maximum Gasteiger partial charge on any atom is 0.303 e. The first kappa shape index (κ1) is 16.2. The number of carbonyl (C=O) groups excluding carboxylic acids is 1. The van der Waals surface area contributed by atoms with Gasteiger partial charge in [-0.1, -0.05) is 12.1 Å². The summed E-state index contributed by atoms with van der Waals surface area (Å²) in [6, 6.07) is 9.10. The topological polar surface area (TPSA) is 75.6 Å². The number of thiophene rings is 1. The van der Waals surface area contributed by atoms with Gasteiger partial charge in [0, 0.05) is 24.8 Å². The van der Waals surface area contributed by atoms with Crippen molar-refractivity contribution in [3.63, 3.8) is 0 Å². The molecule has 0 spiro atoms. The van der Waals surface area contributed by atoms with E-state index in [2.05, 4.69) is 5.32 Å². The highest BCUT2D eigenvalue weighted by molar-refractivity contribution is 7.12. The minimum absolute atomic E-state index is 0.0698. The van der Waals surface area contributed by atoms with Crippen LogP contribution in [0.4, 0.5) is 5.69 Å². The van der Waals surface area contributed by atoms with Crippen LogP contribution in [0.1, 0.15) is 27.2 Å². The molecule has 116 valence electrons. The maximum absolute atomic E-state index is 12.3. The Bertz CT molecular complexity index is 666. The summed E-state index contributed by atoms with van der Waals surface area (Å²) < 4.78 is 5.07. The lowest BCUT2D eigenvalue weighted by molar-refractivity contribution is -0.136. The van der Waals surface area contributed by atoms with Gasteiger partial charge in [0.05, 0.1) is 11.5 Å². The number of anilines is 1. The molecule has 0 bridgehead atoms. The van der Waals surface area contributed by atoms with Gasteiger partial charge in [-0.2, -0.15) is 0 Å². The normalized spacial score (nSPS) is 10.4. The van der Waals surface area contributed by atoms with Gasteiger partial charge >= 0.3 is 5.97 Å². The second kappa shape index (κ2) is 7.72. The molecule has 5 nitrogen and oxygen atoms in total. The van der Waals surface area contributed by atoms with Crippen LogP contribution in [0.3, 0.4) is 0 Å². The maximum atomic E-state index is 12.3. The van der Waals surface area contributed by atoms with E-state index in [1.807, 2.05) is 17.5 Å². The predicted molar refractivity (Wildman–Crippen MR) is 85.4 cm³/mol. The van der Waals surface area contributed by atoms with Crippen LogP contribution in [0.15, 0.2) is 35.7 Å². The van der Waals surface area contributed by atoms with Crippen molar-refractivity contribution < 1.29 is 19.4 Å². The second-order valence-electron chi connectivity index (χ2n) is 4.76. The fraction of sp³-hybridized carbons (Fsp3) is 0.250. The molecular formula is C16H17NO4S. The van der Waals surface area contributed by atoms with Crippen LogP contribution < -0.4 is 5.32 Å². The van der Waals surface area contributed by atoms with Crippen molar-refractivity contribution in [1.29, 1.82) is 0 Å². The highest BCUT2D eigenvalue weighted by Crippen LogP contribution is 2.20. The van der Waals surface area contributed by atoms with Crippen LogP contribution in [-0.2, 0) is 22.6 Å². The Morgan fingerprint density at radius 2 is 2.14 bits per heavy atom. The van der Waals surface area contributed by atoms with Crippen LogP contribution >= 0.6 is 11.3 Å². The molecule has 2 rings (SSSR count). The third-order valence-corrected chi connectivity index (χ3v) is 4.02. The van der Waals surface area contributed by atoms with Gasteiger partial charge in [0.1, 0.15) is 0 Å². The van der Waals surface area contributed by atoms with Crippen LogP contribution in [0.25, 0.3) is 0 Å². The number of rotatable bonds is 7. The summed E-state index contributed by atoms with van der Waals surface area (Å²) in [5.41, 5.74) is 2.39. The molecule has 0 saturated heterocycles. The lowest BCUT2D eigenvalue weighted by Gasteiger charge is -2.07. The standard InChI is InChI=1S/C16H17NO4S/c1-21-10-12-7-8-22-15(12)16(20)17-13-4-2-3-11(9-13)5-6-14(18)19/h2-4,7-9H,5-6,10H2,1H3,(H,17,20)(H,18,19). The van der Waals surface area contributed by atoms with Crippen molar-refractivity contribution in [3.05, 3.63) is 51.7 Å². The summed E-state index contributed by atoms with van der Waals surface area (Å²) in [6.07, 6.45) is 0.507. The third kappa shape index (κ3) is 4.41. The number of amides is 1. The first-order valence-corrected chi connectivity index (χ1v) is 7.65. The van der Waals surface area contributed by atoms with E-state index >= 15 is 0 Å². The van der Waals surface area contributed by atoms with Gasteiger partial charge in [-0.15, -0.1) is 11.3 Å². The van der Waals surface area contributed by atoms with Crippen molar-refractivity contribution in [3.8, 4) is 0 Å². The Morgan fingerprint density at radius 1 is 1.32 bits per heavy atom. The van der Waals surface area contributed by atoms with Crippen LogP contribution in [0.5, 0.6) is 0 Å². The number of benzene rings is 1. The summed E-state index contributed by atoms with van der Waals surface area (Å²) in [5.74, 6) is -1.02. The average molecular weight is 319 g/mol. The fourth-order valence-electron chi connectivity index (χ4n) is 2.05. The number of methoxy groups -OCH3 is 1. The number of ether oxygens (including phenoxy) is 1. The number of aliphatic carboxylic acids is 1. The van der Waals surface area contributed by atoms with Crippen LogP contribution in [0, 0.1) is 0 Å². The molecule has 0 fully saturated rings. The Balaban J connectivity index is 2.06. The molecule has 2 aromatic rings. The number of hydrogen-bond acceptors (Lipinski definition) is 4. The minimum atomic E-state index is -0.836. The SMILES string of the molecule is COCc1ccsc1C(=O)Nc1cccc(CCC(=O)O)c1. The summed E-state index contributed by atoms with van der Waals surface area (Å²) in [6.45, 7) is 0.394. The highest BCUT2D eigenvalue weighted by atomic mass is 32.1. The highest BCUT2D eigenvalue weighted by Gasteiger charge is 2.13. The molecule has 22 heavy (non-hydrogen) atoms. The van der Waals surface area contributed by atoms with E-state index in [9.17, 15) is 9.59 Å². The molecule has 0 unspecified atom stereocenters. The summed E-state index contributed by atoms with van der Waals surface area (Å²) >= 11 is 1.37. The van der Waals surface area contributed by atoms with E-state index in [-0.39, 0.29) is 12.3 Å². The number of carbonyl (C=O) groups is 2. The van der Waals surface area contributed by atoms with E-state index in [0.717, 1.165) is 11.1 Å². The van der Waals surface area contributed by atoms with E-state index in [1.165, 1.54) is 11.3 Å². The van der Waals surface area contributed by atoms with Gasteiger partial charge in [-0.25, -0.2) is 0 Å². The summed E-state index contributed by atoms with van der Waals surface area (Å²) in [5, 5.41) is 13.4. The molecule has 0 atom stereocenters. The molecule has 1 aromatic heterocycles. The molecule has 2 N–H and O–H groups in total. The third-order valence-electron chi connectivity index (χ3n) is 3.07. The van der Waals surface area contributed by atoms with E-state index in [1.54, 1.807) is 25.3 Å². The predicted octanol–water partition coefficient (Wildman–Crippen LogP) is 3.16. The summed E-state index contributed by atoms with van der Waals surface area (Å²) in [4.78, 5) is 23.5. The number of carboxylic acids is 1. The molecule has 6 heteroatoms. The molecule has 1 aromatic carbocycles. The number of hydrogen-bond donors (Lipinski definition) is 2. The summed E-state index contributed by atoms with van der Waals surface area (Å²) in [7, 11) is 1.59. The van der Waals surface area contributed by atoms with Gasteiger partial charge in [-0.05, 0) is 35.6 Å². The Hall–Kier alpha value is -2.18. The van der Waals surface area contributed by atoms with Gasteiger partial charge in [-0.3, -0.25) is 9.59 Å². The zero-order chi connectivity index (χ0) is 15.9. The van der Waals surface area contributed by atoms with E-state index in [0.29, 0.717) is 23.6 Å². The Kier molecular flexibility index (Phi) is 5.68. The monoisotopic (exact) mass is 319 g/mol. The largest absolute Gasteiger partial charge is 0.481 e. The van der Waals surface area contributed by atoms with Crippen molar-refractivity contribution in [2.45, 2.75) is 19.4 Å². The molecule has 0 aliphatic heterocycles. The van der Waals surface area contributed by atoms with Crippen LogP contribution in [-0.4, -0.2) is 24.1 Å². The van der Waals surface area contributed by atoms with Crippen LogP contribution in [0.2, 0.25) is 0 Å². The molecule has 0 aliphatic carbocycles. The lowest BCUT2D eigenvalue weighted by Crippen LogP contribution is -2.12. The first-order valence-electron chi connectivity index (χ1n) is 6.77. The molecule has 1 amide bonds.